The summed E-state index contributed by atoms with van der Waals surface area (Å²) in [5.74, 6) is 0.588. The van der Waals surface area contributed by atoms with Gasteiger partial charge >= 0.3 is 0 Å². The van der Waals surface area contributed by atoms with Crippen LogP contribution >= 0.6 is 0 Å². The number of nitrogens with two attached hydrogens (primary N) is 1. The quantitative estimate of drug-likeness (QED) is 0.884. The van der Waals surface area contributed by atoms with Crippen LogP contribution < -0.4 is 5.73 Å². The Hall–Kier alpha value is -1.35. The van der Waals surface area contributed by atoms with Crippen molar-refractivity contribution in [2.75, 3.05) is 13.1 Å². The first-order valence-electron chi connectivity index (χ1n) is 6.76. The molecule has 2 N–H and O–H groups in total. The number of hydrogen-bond donors (Lipinski definition) is 1. The fraction of sp³-hybridized carbons (Fsp3) is 0.533. The smallest absolute Gasteiger partial charge is 0.254 e. The van der Waals surface area contributed by atoms with Gasteiger partial charge in [0.25, 0.3) is 5.91 Å². The molecule has 2 unspecified atom stereocenters. The van der Waals surface area contributed by atoms with Crippen molar-refractivity contribution in [1.82, 2.24) is 4.90 Å². The fourth-order valence-corrected chi connectivity index (χ4v) is 2.39. The molecular weight excluding hydrogens is 224 g/mol. The number of nitrogens with zero attached hydrogens (tertiary/aromatic N) is 1. The summed E-state index contributed by atoms with van der Waals surface area (Å²) < 4.78 is 0. The first-order valence-corrected chi connectivity index (χ1v) is 6.76. The Morgan fingerprint density at radius 3 is 2.83 bits per heavy atom. The number of carbonyl (C=O) groups is 1. The van der Waals surface area contributed by atoms with E-state index in [1.165, 1.54) is 0 Å². The molecule has 0 aromatic heterocycles. The minimum atomic E-state index is 0.0733. The Labute approximate surface area is 109 Å². The molecule has 2 atom stereocenters. The zero-order chi connectivity index (χ0) is 13.1. The lowest BCUT2D eigenvalue weighted by Crippen LogP contribution is -2.46. The van der Waals surface area contributed by atoms with Gasteiger partial charge < -0.3 is 10.6 Å². The van der Waals surface area contributed by atoms with E-state index in [9.17, 15) is 4.79 Å². The third kappa shape index (κ3) is 2.56. The lowest BCUT2D eigenvalue weighted by atomic mass is 9.96. The number of amides is 1. The van der Waals surface area contributed by atoms with Crippen molar-refractivity contribution >= 4 is 5.91 Å². The summed E-state index contributed by atoms with van der Waals surface area (Å²) in [6, 6.07) is 7.95. The van der Waals surface area contributed by atoms with Crippen LogP contribution in [0.4, 0.5) is 0 Å². The van der Waals surface area contributed by atoms with Crippen molar-refractivity contribution < 1.29 is 4.79 Å². The van der Waals surface area contributed by atoms with Crippen LogP contribution in [0.25, 0.3) is 0 Å². The lowest BCUT2D eigenvalue weighted by Gasteiger charge is -2.32. The summed E-state index contributed by atoms with van der Waals surface area (Å²) in [5, 5.41) is 0. The second-order valence-electron chi connectivity index (χ2n) is 5.21. The molecule has 1 amide bonds. The van der Waals surface area contributed by atoms with Crippen LogP contribution in [-0.4, -0.2) is 29.9 Å². The van der Waals surface area contributed by atoms with E-state index in [1.54, 1.807) is 0 Å². The monoisotopic (exact) mass is 246 g/mol. The van der Waals surface area contributed by atoms with E-state index in [4.69, 9.17) is 5.73 Å². The topological polar surface area (TPSA) is 46.3 Å². The number of rotatable bonds is 4. The van der Waals surface area contributed by atoms with E-state index in [-0.39, 0.29) is 11.9 Å². The number of carbonyl (C=O) groups excluding carboxylic acids is 1. The largest absolute Gasteiger partial charge is 0.337 e. The van der Waals surface area contributed by atoms with Gasteiger partial charge in [-0.15, -0.1) is 0 Å². The van der Waals surface area contributed by atoms with Gasteiger partial charge in [0.2, 0.25) is 0 Å². The van der Waals surface area contributed by atoms with Crippen molar-refractivity contribution in [3.8, 4) is 0 Å². The maximum Gasteiger partial charge on any atom is 0.254 e. The zero-order valence-corrected chi connectivity index (χ0v) is 11.2. The standard InChI is InChI=1S/C15H22N2O/c1-3-11(2)14(16)10-17-9-8-12-6-4-5-7-13(12)15(17)18/h4-7,11,14H,3,8-10,16H2,1-2H3. The predicted molar refractivity (Wildman–Crippen MR) is 73.5 cm³/mol. The molecule has 1 aromatic rings. The Morgan fingerprint density at radius 1 is 1.39 bits per heavy atom. The Bertz CT molecular complexity index is 430. The van der Waals surface area contributed by atoms with Crippen molar-refractivity contribution in [2.45, 2.75) is 32.7 Å². The van der Waals surface area contributed by atoms with E-state index < -0.39 is 0 Å². The van der Waals surface area contributed by atoms with E-state index in [0.29, 0.717) is 12.5 Å². The van der Waals surface area contributed by atoms with Crippen molar-refractivity contribution in [3.63, 3.8) is 0 Å². The second-order valence-corrected chi connectivity index (χ2v) is 5.21. The highest BCUT2D eigenvalue weighted by atomic mass is 16.2. The molecule has 1 aliphatic rings. The fourth-order valence-electron chi connectivity index (χ4n) is 2.39. The average molecular weight is 246 g/mol. The summed E-state index contributed by atoms with van der Waals surface area (Å²) in [4.78, 5) is 14.2. The molecule has 0 fully saturated rings. The predicted octanol–water partition coefficient (Wildman–Crippen LogP) is 2.06. The summed E-state index contributed by atoms with van der Waals surface area (Å²) in [6.45, 7) is 5.74. The Morgan fingerprint density at radius 2 is 2.11 bits per heavy atom. The van der Waals surface area contributed by atoms with Crippen molar-refractivity contribution in [2.24, 2.45) is 11.7 Å². The number of benzene rings is 1. The molecule has 98 valence electrons. The molecule has 1 heterocycles. The third-order valence-electron chi connectivity index (χ3n) is 3.99. The highest BCUT2D eigenvalue weighted by molar-refractivity contribution is 5.96. The molecular formula is C15H22N2O. The number of fused-ring (bicyclic) bond motifs is 1. The average Bonchev–Trinajstić information content (AvgIpc) is 2.41. The maximum absolute atomic E-state index is 12.3. The summed E-state index contributed by atoms with van der Waals surface area (Å²) in [7, 11) is 0. The number of hydrogen-bond acceptors (Lipinski definition) is 2. The van der Waals surface area contributed by atoms with Crippen LogP contribution in [0.1, 0.15) is 36.2 Å². The Balaban J connectivity index is 2.08. The van der Waals surface area contributed by atoms with Gasteiger partial charge in [0.15, 0.2) is 0 Å². The second kappa shape index (κ2) is 5.53. The minimum Gasteiger partial charge on any atom is -0.337 e. The molecule has 0 saturated heterocycles. The van der Waals surface area contributed by atoms with Gasteiger partial charge in [-0.3, -0.25) is 4.79 Å². The lowest BCUT2D eigenvalue weighted by molar-refractivity contribution is 0.0718. The van der Waals surface area contributed by atoms with Gasteiger partial charge in [-0.2, -0.15) is 0 Å². The molecule has 3 nitrogen and oxygen atoms in total. The van der Waals surface area contributed by atoms with E-state index in [0.717, 1.165) is 30.5 Å². The van der Waals surface area contributed by atoms with E-state index >= 15 is 0 Å². The molecule has 0 radical (unpaired) electrons. The SMILES string of the molecule is CCC(C)C(N)CN1CCc2ccccc2C1=O. The molecule has 2 rings (SSSR count). The van der Waals surface area contributed by atoms with Crippen molar-refractivity contribution in [3.05, 3.63) is 35.4 Å². The first-order chi connectivity index (χ1) is 8.63. The molecule has 3 heteroatoms. The molecule has 0 spiro atoms. The molecule has 18 heavy (non-hydrogen) atoms. The van der Waals surface area contributed by atoms with Crippen molar-refractivity contribution in [1.29, 1.82) is 0 Å². The van der Waals surface area contributed by atoms with Gasteiger partial charge in [-0.05, 0) is 24.0 Å². The molecule has 0 bridgehead atoms. The van der Waals surface area contributed by atoms with Crippen LogP contribution in [-0.2, 0) is 6.42 Å². The van der Waals surface area contributed by atoms with E-state index in [1.807, 2.05) is 29.2 Å². The van der Waals surface area contributed by atoms with Crippen LogP contribution in [0.2, 0.25) is 0 Å². The van der Waals surface area contributed by atoms with Crippen LogP contribution in [0.5, 0.6) is 0 Å². The van der Waals surface area contributed by atoms with Crippen LogP contribution in [0.15, 0.2) is 24.3 Å². The van der Waals surface area contributed by atoms with Gasteiger partial charge in [0, 0.05) is 24.7 Å². The first kappa shape index (κ1) is 13.1. The molecule has 0 saturated carbocycles. The highest BCUT2D eigenvalue weighted by Gasteiger charge is 2.26. The van der Waals surface area contributed by atoms with Gasteiger partial charge in [-0.25, -0.2) is 0 Å². The molecule has 1 aliphatic heterocycles. The zero-order valence-electron chi connectivity index (χ0n) is 11.2. The third-order valence-corrected chi connectivity index (χ3v) is 3.99. The van der Waals surface area contributed by atoms with Gasteiger partial charge in [-0.1, -0.05) is 38.5 Å². The molecule has 1 aromatic carbocycles. The van der Waals surface area contributed by atoms with E-state index in [2.05, 4.69) is 13.8 Å². The summed E-state index contributed by atoms with van der Waals surface area (Å²) in [6.07, 6.45) is 1.99. The minimum absolute atomic E-state index is 0.0733. The van der Waals surface area contributed by atoms with Gasteiger partial charge in [0.05, 0.1) is 0 Å². The summed E-state index contributed by atoms with van der Waals surface area (Å²) >= 11 is 0. The van der Waals surface area contributed by atoms with Gasteiger partial charge in [0.1, 0.15) is 0 Å². The Kier molecular flexibility index (Phi) is 4.02. The van der Waals surface area contributed by atoms with Crippen LogP contribution in [0, 0.1) is 5.92 Å². The molecule has 0 aliphatic carbocycles. The highest BCUT2D eigenvalue weighted by Crippen LogP contribution is 2.19. The normalized spacial score (nSPS) is 18.4. The van der Waals surface area contributed by atoms with Crippen LogP contribution in [0.3, 0.4) is 0 Å². The maximum atomic E-state index is 12.3. The summed E-state index contributed by atoms with van der Waals surface area (Å²) in [5.41, 5.74) is 8.16.